The maximum absolute atomic E-state index is 11.7. The summed E-state index contributed by atoms with van der Waals surface area (Å²) in [7, 11) is -3.53. The molecule has 0 bridgehead atoms. The largest absolute Gasteiger partial charge is 0.491 e. The van der Waals surface area contributed by atoms with Gasteiger partial charge in [-0.05, 0) is 24.5 Å². The Labute approximate surface area is 130 Å². The number of nitrogens with zero attached hydrogens (tertiary/aromatic N) is 1. The highest BCUT2D eigenvalue weighted by Gasteiger charge is 2.30. The van der Waals surface area contributed by atoms with Gasteiger partial charge in [0.1, 0.15) is 18.2 Å². The molecule has 0 atom stereocenters. The van der Waals surface area contributed by atoms with E-state index in [-0.39, 0.29) is 17.1 Å². The van der Waals surface area contributed by atoms with E-state index in [9.17, 15) is 8.42 Å². The van der Waals surface area contributed by atoms with Crippen molar-refractivity contribution < 1.29 is 13.2 Å². The lowest BCUT2D eigenvalue weighted by Gasteiger charge is -2.33. The zero-order chi connectivity index (χ0) is 15.8. The Morgan fingerprint density at radius 1 is 1.23 bits per heavy atom. The fourth-order valence-corrected chi connectivity index (χ4v) is 4.24. The van der Waals surface area contributed by atoms with Gasteiger partial charge in [0.25, 0.3) is 10.0 Å². The van der Waals surface area contributed by atoms with Crippen molar-refractivity contribution >= 4 is 15.9 Å². The molecule has 4 N–H and O–H groups in total. The maximum atomic E-state index is 11.7. The van der Waals surface area contributed by atoms with Crippen molar-refractivity contribution in [3.8, 4) is 5.75 Å². The van der Waals surface area contributed by atoms with Crippen LogP contribution in [0.5, 0.6) is 5.75 Å². The summed E-state index contributed by atoms with van der Waals surface area (Å²) in [5.41, 5.74) is 13.1. The van der Waals surface area contributed by atoms with Crippen molar-refractivity contribution in [3.63, 3.8) is 0 Å². The van der Waals surface area contributed by atoms with Gasteiger partial charge in [0.2, 0.25) is 0 Å². The molecule has 7 heteroatoms. The number of amidine groups is 1. The summed E-state index contributed by atoms with van der Waals surface area (Å²) < 4.78 is 32.8. The zero-order valence-electron chi connectivity index (χ0n) is 12.4. The van der Waals surface area contributed by atoms with Crippen LogP contribution in [0.15, 0.2) is 22.6 Å². The number of benzene rings is 1. The van der Waals surface area contributed by atoms with Gasteiger partial charge < -0.3 is 16.2 Å². The first-order valence-electron chi connectivity index (χ1n) is 7.51. The first kappa shape index (κ1) is 15.3. The Balaban J connectivity index is 1.84. The fourth-order valence-electron chi connectivity index (χ4n) is 3.15. The van der Waals surface area contributed by atoms with E-state index >= 15 is 0 Å². The molecule has 1 fully saturated rings. The Morgan fingerprint density at radius 3 is 2.68 bits per heavy atom. The third kappa shape index (κ3) is 3.10. The Hall–Kier alpha value is -1.60. The molecule has 6 nitrogen and oxygen atoms in total. The highest BCUT2D eigenvalue weighted by molar-refractivity contribution is 7.89. The van der Waals surface area contributed by atoms with Crippen LogP contribution in [-0.2, 0) is 15.8 Å². The van der Waals surface area contributed by atoms with E-state index in [0.717, 1.165) is 25.7 Å². The molecule has 0 amide bonds. The maximum Gasteiger partial charge on any atom is 0.259 e. The molecular formula is C15H21N3O3S. The van der Waals surface area contributed by atoms with Crippen molar-refractivity contribution in [2.75, 3.05) is 6.61 Å². The molecule has 1 saturated carbocycles. The fraction of sp³-hybridized carbons (Fsp3) is 0.533. The van der Waals surface area contributed by atoms with Crippen molar-refractivity contribution in [3.05, 3.63) is 29.3 Å². The monoisotopic (exact) mass is 323 g/mol. The summed E-state index contributed by atoms with van der Waals surface area (Å²) in [6, 6.07) is 5.29. The Kier molecular flexibility index (Phi) is 3.86. The van der Waals surface area contributed by atoms with Crippen LogP contribution in [0.25, 0.3) is 0 Å². The highest BCUT2D eigenvalue weighted by Crippen LogP contribution is 2.31. The molecule has 0 spiro atoms. The van der Waals surface area contributed by atoms with E-state index in [1.54, 1.807) is 18.2 Å². The van der Waals surface area contributed by atoms with Crippen LogP contribution in [0.3, 0.4) is 0 Å². The summed E-state index contributed by atoms with van der Waals surface area (Å²) in [5, 5.41) is 0. The molecule has 1 aliphatic carbocycles. The molecule has 1 aliphatic heterocycles. The number of nitrogens with two attached hydrogens (primary N) is 2. The average molecular weight is 323 g/mol. The third-order valence-electron chi connectivity index (χ3n) is 4.31. The first-order valence-corrected chi connectivity index (χ1v) is 9.12. The van der Waals surface area contributed by atoms with Crippen LogP contribution < -0.4 is 16.2 Å². The molecular weight excluding hydrogens is 302 g/mol. The van der Waals surface area contributed by atoms with E-state index in [1.807, 2.05) is 0 Å². The average Bonchev–Trinajstić information content (AvgIpc) is 2.44. The second-order valence-corrected chi connectivity index (χ2v) is 7.84. The minimum atomic E-state index is -3.53. The molecule has 2 aliphatic rings. The zero-order valence-corrected chi connectivity index (χ0v) is 13.2. The van der Waals surface area contributed by atoms with Crippen molar-refractivity contribution in [1.82, 2.24) is 0 Å². The van der Waals surface area contributed by atoms with Gasteiger partial charge in [0.15, 0.2) is 0 Å². The number of sulfonamides is 1. The number of hydrogen-bond acceptors (Lipinski definition) is 5. The molecule has 120 valence electrons. The van der Waals surface area contributed by atoms with Crippen LogP contribution in [-0.4, -0.2) is 26.4 Å². The number of rotatable bonds is 3. The lowest BCUT2D eigenvalue weighted by atomic mass is 9.83. The second-order valence-electron chi connectivity index (χ2n) is 6.20. The molecule has 22 heavy (non-hydrogen) atoms. The summed E-state index contributed by atoms with van der Waals surface area (Å²) in [6.45, 7) is 0.406. The number of fused-ring (bicyclic) bond motifs is 1. The summed E-state index contributed by atoms with van der Waals surface area (Å²) in [6.07, 6.45) is 5.35. The first-order chi connectivity index (χ1) is 10.4. The minimum absolute atomic E-state index is 0.00781. The molecule has 0 radical (unpaired) electrons. The predicted molar refractivity (Wildman–Crippen MR) is 85.3 cm³/mol. The summed E-state index contributed by atoms with van der Waals surface area (Å²) in [4.78, 5) is 0. The molecule has 1 aromatic rings. The summed E-state index contributed by atoms with van der Waals surface area (Å²) in [5.74, 6) is 0.407. The van der Waals surface area contributed by atoms with E-state index in [4.69, 9.17) is 16.2 Å². The number of ether oxygens (including phenoxy) is 1. The van der Waals surface area contributed by atoms with Crippen molar-refractivity contribution in [1.29, 1.82) is 0 Å². The minimum Gasteiger partial charge on any atom is -0.491 e. The van der Waals surface area contributed by atoms with Crippen LogP contribution in [0.1, 0.15) is 43.2 Å². The van der Waals surface area contributed by atoms with Crippen LogP contribution in [0.2, 0.25) is 0 Å². The number of hydrogen-bond donors (Lipinski definition) is 2. The Bertz CT molecular complexity index is 707. The Morgan fingerprint density at radius 2 is 1.95 bits per heavy atom. The van der Waals surface area contributed by atoms with Crippen LogP contribution in [0, 0.1) is 0 Å². The lowest BCUT2D eigenvalue weighted by molar-refractivity contribution is 0.173. The lowest BCUT2D eigenvalue weighted by Crippen LogP contribution is -2.47. The smallest absolute Gasteiger partial charge is 0.259 e. The highest BCUT2D eigenvalue weighted by atomic mass is 32.2. The van der Waals surface area contributed by atoms with Crippen molar-refractivity contribution in [2.24, 2.45) is 15.9 Å². The van der Waals surface area contributed by atoms with Crippen LogP contribution >= 0.6 is 0 Å². The SMILES string of the molecule is NC1=NS(=O)(=O)Cc2cccc(OCC3(N)CCCCC3)c21. The van der Waals surface area contributed by atoms with Crippen LogP contribution in [0.4, 0.5) is 0 Å². The summed E-state index contributed by atoms with van der Waals surface area (Å²) >= 11 is 0. The predicted octanol–water partition coefficient (Wildman–Crippen LogP) is 1.28. The van der Waals surface area contributed by atoms with Gasteiger partial charge in [0, 0.05) is 0 Å². The van der Waals surface area contributed by atoms with Crippen molar-refractivity contribution in [2.45, 2.75) is 43.4 Å². The van der Waals surface area contributed by atoms with Gasteiger partial charge in [-0.2, -0.15) is 0 Å². The topological polar surface area (TPSA) is 108 Å². The standard InChI is InChI=1S/C15H21N3O3S/c16-14-13-11(9-22(19,20)18-14)5-4-6-12(13)21-10-15(17)7-2-1-3-8-15/h4-6H,1-3,7-10,17H2,(H2,16,18). The van der Waals surface area contributed by atoms with Gasteiger partial charge in [-0.25, -0.2) is 8.42 Å². The van der Waals surface area contributed by atoms with E-state index in [1.165, 1.54) is 6.42 Å². The molecule has 0 aromatic heterocycles. The van der Waals surface area contributed by atoms with E-state index in [2.05, 4.69) is 4.40 Å². The van der Waals surface area contributed by atoms with Gasteiger partial charge in [-0.15, -0.1) is 4.40 Å². The molecule has 1 heterocycles. The van der Waals surface area contributed by atoms with Gasteiger partial charge in [0.05, 0.1) is 16.9 Å². The van der Waals surface area contributed by atoms with Gasteiger partial charge in [-0.3, -0.25) is 0 Å². The van der Waals surface area contributed by atoms with E-state index < -0.39 is 10.0 Å². The quantitative estimate of drug-likeness (QED) is 0.871. The van der Waals surface area contributed by atoms with E-state index in [0.29, 0.717) is 23.5 Å². The normalized spacial score (nSPS) is 22.5. The second kappa shape index (κ2) is 5.55. The molecule has 3 rings (SSSR count). The third-order valence-corrected chi connectivity index (χ3v) is 5.46. The molecule has 0 unspecified atom stereocenters. The molecule has 1 aromatic carbocycles. The van der Waals surface area contributed by atoms with Gasteiger partial charge in [-0.1, -0.05) is 31.4 Å². The van der Waals surface area contributed by atoms with Gasteiger partial charge >= 0.3 is 0 Å². The molecule has 0 saturated heterocycles.